The third-order valence-corrected chi connectivity index (χ3v) is 4.93. The Morgan fingerprint density at radius 1 is 0.941 bits per heavy atom. The van der Waals surface area contributed by atoms with E-state index in [0.29, 0.717) is 26.2 Å². The summed E-state index contributed by atoms with van der Waals surface area (Å²) in [6, 6.07) is 1.08. The molecule has 184 valence electrons. The molecule has 1 fully saturated rings. The maximum atomic E-state index is 13.8. The third kappa shape index (κ3) is 5.32. The number of benzene rings is 1. The Bertz CT molecular complexity index is 1110. The van der Waals surface area contributed by atoms with Crippen molar-refractivity contribution in [2.75, 3.05) is 31.1 Å². The first-order valence-electron chi connectivity index (χ1n) is 9.92. The second-order valence-corrected chi connectivity index (χ2v) is 8.68. The van der Waals surface area contributed by atoms with E-state index >= 15 is 0 Å². The molecule has 0 unspecified atom stereocenters. The lowest BCUT2D eigenvalue weighted by atomic mass is 10.2. The number of anilines is 1. The Kier molecular flexibility index (Phi) is 7.20. The molecule has 2 heterocycles. The minimum Gasteiger partial charge on any atom is -0.444 e. The van der Waals surface area contributed by atoms with Gasteiger partial charge in [0.15, 0.2) is 0 Å². The molecule has 0 bridgehead atoms. The molecule has 1 aliphatic heterocycles. The number of halogens is 6. The van der Waals surface area contributed by atoms with E-state index in [1.165, 1.54) is 4.90 Å². The minimum absolute atomic E-state index is 0.0300. The van der Waals surface area contributed by atoms with E-state index in [1.54, 1.807) is 25.7 Å². The van der Waals surface area contributed by atoms with Crippen LogP contribution in [0, 0.1) is 29.1 Å². The molecule has 0 spiro atoms. The van der Waals surface area contributed by atoms with Gasteiger partial charge >= 0.3 is 12.1 Å². The van der Waals surface area contributed by atoms with Gasteiger partial charge in [0, 0.05) is 32.4 Å². The Balaban J connectivity index is 1.71. The number of pyridine rings is 1. The van der Waals surface area contributed by atoms with Gasteiger partial charge in [0.1, 0.15) is 11.4 Å². The van der Waals surface area contributed by atoms with Crippen LogP contribution in [-0.4, -0.2) is 53.7 Å². The van der Waals surface area contributed by atoms with Crippen molar-refractivity contribution >= 4 is 29.5 Å². The molecular weight excluding hydrogens is 489 g/mol. The van der Waals surface area contributed by atoms with E-state index in [-0.39, 0.29) is 16.4 Å². The zero-order chi connectivity index (χ0) is 25.4. The first kappa shape index (κ1) is 25.5. The summed E-state index contributed by atoms with van der Waals surface area (Å²) in [5.74, 6) is -14.4. The lowest BCUT2D eigenvalue weighted by Gasteiger charge is -2.36. The number of piperazine rings is 1. The number of ether oxygens (including phenoxy) is 2. The van der Waals surface area contributed by atoms with Gasteiger partial charge in [-0.15, -0.1) is 0 Å². The summed E-state index contributed by atoms with van der Waals surface area (Å²) in [4.78, 5) is 31.7. The highest BCUT2D eigenvalue weighted by Crippen LogP contribution is 2.31. The van der Waals surface area contributed by atoms with Gasteiger partial charge in [-0.1, -0.05) is 11.6 Å². The first-order valence-corrected chi connectivity index (χ1v) is 10.3. The molecule has 0 saturated carbocycles. The summed E-state index contributed by atoms with van der Waals surface area (Å²) in [5.41, 5.74) is -1.02. The second-order valence-electron chi connectivity index (χ2n) is 8.27. The Labute approximate surface area is 196 Å². The molecule has 0 atom stereocenters. The molecule has 13 heteroatoms. The molecule has 1 aromatic carbocycles. The highest BCUT2D eigenvalue weighted by atomic mass is 35.5. The lowest BCUT2D eigenvalue weighted by molar-refractivity contribution is 0.0240. The van der Waals surface area contributed by atoms with E-state index in [2.05, 4.69) is 9.72 Å². The van der Waals surface area contributed by atoms with Crippen molar-refractivity contribution in [3.8, 4) is 5.75 Å². The first-order chi connectivity index (χ1) is 15.8. The number of nitrogens with zero attached hydrogens (tertiary/aromatic N) is 3. The van der Waals surface area contributed by atoms with Crippen LogP contribution < -0.4 is 9.64 Å². The molecule has 2 aromatic rings. The van der Waals surface area contributed by atoms with E-state index in [4.69, 9.17) is 16.3 Å². The normalized spacial score (nSPS) is 14.3. The molecule has 0 aliphatic carbocycles. The van der Waals surface area contributed by atoms with Gasteiger partial charge in [-0.05, 0) is 26.8 Å². The highest BCUT2D eigenvalue weighted by Gasteiger charge is 2.30. The number of hydrogen-bond donors (Lipinski definition) is 0. The zero-order valence-electron chi connectivity index (χ0n) is 18.2. The van der Waals surface area contributed by atoms with Crippen LogP contribution in [0.2, 0.25) is 5.02 Å². The molecule has 3 rings (SSSR count). The van der Waals surface area contributed by atoms with E-state index in [1.807, 2.05) is 0 Å². The van der Waals surface area contributed by atoms with Gasteiger partial charge in [0.2, 0.25) is 34.8 Å². The van der Waals surface area contributed by atoms with Gasteiger partial charge in [0.05, 0.1) is 10.6 Å². The van der Waals surface area contributed by atoms with Gasteiger partial charge in [-0.2, -0.15) is 8.78 Å². The van der Waals surface area contributed by atoms with Crippen molar-refractivity contribution in [3.05, 3.63) is 51.9 Å². The summed E-state index contributed by atoms with van der Waals surface area (Å²) in [6.45, 7) is 6.59. The Hall–Kier alpha value is -3.15. The monoisotopic (exact) mass is 507 g/mol. The van der Waals surface area contributed by atoms with Crippen LogP contribution in [-0.2, 0) is 4.74 Å². The standard InChI is InChI=1S/C21H19ClF5N3O4/c1-21(2,3)34-20(32)30-6-4-29(5-7-30)18-11(22)8-10(9-28-18)19(31)33-17-15(26)13(24)12(23)14(25)16(17)27/h8-9H,4-7H2,1-3H3. The zero-order valence-corrected chi connectivity index (χ0v) is 19.0. The predicted octanol–water partition coefficient (Wildman–Crippen LogP) is 4.71. The smallest absolute Gasteiger partial charge is 0.410 e. The van der Waals surface area contributed by atoms with Crippen LogP contribution in [0.25, 0.3) is 0 Å². The van der Waals surface area contributed by atoms with Crippen molar-refractivity contribution in [3.63, 3.8) is 0 Å². The topological polar surface area (TPSA) is 72.0 Å². The highest BCUT2D eigenvalue weighted by molar-refractivity contribution is 6.33. The predicted molar refractivity (Wildman–Crippen MR) is 110 cm³/mol. The van der Waals surface area contributed by atoms with Crippen LogP contribution in [0.1, 0.15) is 31.1 Å². The molecular formula is C21H19ClF5N3O4. The molecule has 1 amide bonds. The number of aromatic nitrogens is 1. The quantitative estimate of drug-likeness (QED) is 0.197. The average molecular weight is 508 g/mol. The molecule has 0 N–H and O–H groups in total. The molecule has 7 nitrogen and oxygen atoms in total. The Morgan fingerprint density at radius 2 is 1.47 bits per heavy atom. The fraction of sp³-hybridized carbons (Fsp3) is 0.381. The number of carbonyl (C=O) groups excluding carboxylic acids is 2. The summed E-state index contributed by atoms with van der Waals surface area (Å²) in [5, 5.41) is -0.0300. The summed E-state index contributed by atoms with van der Waals surface area (Å²) >= 11 is 6.19. The van der Waals surface area contributed by atoms with E-state index < -0.39 is 52.5 Å². The Morgan fingerprint density at radius 3 is 1.97 bits per heavy atom. The maximum Gasteiger partial charge on any atom is 0.410 e. The van der Waals surface area contributed by atoms with Gasteiger partial charge in [-0.25, -0.2) is 27.7 Å². The average Bonchev–Trinajstić information content (AvgIpc) is 2.78. The van der Waals surface area contributed by atoms with Crippen molar-refractivity contribution in [1.82, 2.24) is 9.88 Å². The fourth-order valence-electron chi connectivity index (χ4n) is 3.03. The van der Waals surface area contributed by atoms with E-state index in [0.717, 1.165) is 12.3 Å². The third-order valence-electron chi connectivity index (χ3n) is 4.65. The van der Waals surface area contributed by atoms with Crippen LogP contribution in [0.15, 0.2) is 12.3 Å². The van der Waals surface area contributed by atoms with Crippen LogP contribution in [0.4, 0.5) is 32.6 Å². The molecule has 1 aromatic heterocycles. The van der Waals surface area contributed by atoms with E-state index in [9.17, 15) is 31.5 Å². The van der Waals surface area contributed by atoms with Gasteiger partial charge in [0.25, 0.3) is 0 Å². The number of amides is 1. The largest absolute Gasteiger partial charge is 0.444 e. The summed E-state index contributed by atoms with van der Waals surface area (Å²) in [7, 11) is 0. The van der Waals surface area contributed by atoms with Crippen molar-refractivity contribution in [1.29, 1.82) is 0 Å². The number of esters is 1. The lowest BCUT2D eigenvalue weighted by Crippen LogP contribution is -2.50. The van der Waals surface area contributed by atoms with Crippen molar-refractivity contribution in [2.24, 2.45) is 0 Å². The van der Waals surface area contributed by atoms with Crippen molar-refractivity contribution in [2.45, 2.75) is 26.4 Å². The molecule has 0 radical (unpaired) electrons. The molecule has 1 aliphatic rings. The molecule has 1 saturated heterocycles. The van der Waals surface area contributed by atoms with Crippen LogP contribution in [0.3, 0.4) is 0 Å². The van der Waals surface area contributed by atoms with Crippen LogP contribution in [0.5, 0.6) is 5.75 Å². The minimum atomic E-state index is -2.38. The summed E-state index contributed by atoms with van der Waals surface area (Å²) < 4.78 is 77.0. The van der Waals surface area contributed by atoms with Gasteiger partial charge < -0.3 is 19.3 Å². The van der Waals surface area contributed by atoms with Gasteiger partial charge in [-0.3, -0.25) is 0 Å². The van der Waals surface area contributed by atoms with Crippen LogP contribution >= 0.6 is 11.6 Å². The fourth-order valence-corrected chi connectivity index (χ4v) is 3.31. The molecule has 34 heavy (non-hydrogen) atoms. The van der Waals surface area contributed by atoms with Crippen molar-refractivity contribution < 1.29 is 41.0 Å². The SMILES string of the molecule is CC(C)(C)OC(=O)N1CCN(c2ncc(C(=O)Oc3c(F)c(F)c(F)c(F)c3F)cc2Cl)CC1. The maximum absolute atomic E-state index is 13.8. The number of hydrogen-bond acceptors (Lipinski definition) is 6. The number of rotatable bonds is 3. The second kappa shape index (κ2) is 9.61. The summed E-state index contributed by atoms with van der Waals surface area (Å²) in [6.07, 6.45) is 0.521. The number of carbonyl (C=O) groups is 2.